The first-order chi connectivity index (χ1) is 8.82. The lowest BCUT2D eigenvalue weighted by molar-refractivity contribution is -0.137. The predicted octanol–water partition coefficient (Wildman–Crippen LogP) is 3.55. The number of carbonyl (C=O) groups excluding carboxylic acids is 1. The third kappa shape index (κ3) is 5.32. The van der Waals surface area contributed by atoms with Gasteiger partial charge in [0, 0.05) is 6.04 Å². The summed E-state index contributed by atoms with van der Waals surface area (Å²) in [5, 5.41) is 2.77. The molecule has 0 bridgehead atoms. The van der Waals surface area contributed by atoms with E-state index >= 15 is 0 Å². The van der Waals surface area contributed by atoms with Crippen LogP contribution in [0.5, 0.6) is 0 Å². The van der Waals surface area contributed by atoms with Crippen molar-refractivity contribution in [2.75, 3.05) is 0 Å². The lowest BCUT2D eigenvalue weighted by Gasteiger charge is -2.13. The summed E-state index contributed by atoms with van der Waals surface area (Å²) in [5.74, 6) is -0.250. The molecule has 1 unspecified atom stereocenters. The van der Waals surface area contributed by atoms with Crippen molar-refractivity contribution in [3.8, 4) is 0 Å². The van der Waals surface area contributed by atoms with Gasteiger partial charge in [0.15, 0.2) is 0 Å². The average molecular weight is 273 g/mol. The standard InChI is InChI=1S/C14H18F3NO/c1-3-5-10(2)18-13(19)9-11-6-4-7-12(8-11)14(15,16)17/h4,6-8,10H,3,5,9H2,1-2H3,(H,18,19). The molecule has 2 nitrogen and oxygen atoms in total. The quantitative estimate of drug-likeness (QED) is 0.873. The Morgan fingerprint density at radius 3 is 2.63 bits per heavy atom. The zero-order valence-electron chi connectivity index (χ0n) is 11.1. The number of halogens is 3. The van der Waals surface area contributed by atoms with E-state index in [4.69, 9.17) is 0 Å². The monoisotopic (exact) mass is 273 g/mol. The first-order valence-electron chi connectivity index (χ1n) is 6.28. The molecule has 5 heteroatoms. The SMILES string of the molecule is CCCC(C)NC(=O)Cc1cccc(C(F)(F)F)c1. The topological polar surface area (TPSA) is 29.1 Å². The van der Waals surface area contributed by atoms with Gasteiger partial charge in [0.25, 0.3) is 0 Å². The molecule has 1 aromatic rings. The Hall–Kier alpha value is -1.52. The Bertz CT molecular complexity index is 429. The number of amides is 1. The average Bonchev–Trinajstić information content (AvgIpc) is 2.28. The van der Waals surface area contributed by atoms with E-state index in [1.54, 1.807) is 0 Å². The summed E-state index contributed by atoms with van der Waals surface area (Å²) in [6.45, 7) is 3.89. The van der Waals surface area contributed by atoms with Crippen LogP contribution < -0.4 is 5.32 Å². The maximum atomic E-state index is 12.5. The number of alkyl halides is 3. The van der Waals surface area contributed by atoms with Crippen LogP contribution in [0.1, 0.15) is 37.8 Å². The number of hydrogen-bond donors (Lipinski definition) is 1. The van der Waals surface area contributed by atoms with Gasteiger partial charge in [-0.25, -0.2) is 0 Å². The van der Waals surface area contributed by atoms with Crippen molar-refractivity contribution < 1.29 is 18.0 Å². The minimum Gasteiger partial charge on any atom is -0.353 e. The van der Waals surface area contributed by atoms with Gasteiger partial charge in [-0.1, -0.05) is 31.5 Å². The van der Waals surface area contributed by atoms with Gasteiger partial charge in [-0.2, -0.15) is 13.2 Å². The van der Waals surface area contributed by atoms with Crippen LogP contribution in [0.4, 0.5) is 13.2 Å². The van der Waals surface area contributed by atoms with Gasteiger partial charge in [0.1, 0.15) is 0 Å². The lowest BCUT2D eigenvalue weighted by atomic mass is 10.1. The van der Waals surface area contributed by atoms with Crippen LogP contribution in [-0.2, 0) is 17.4 Å². The lowest BCUT2D eigenvalue weighted by Crippen LogP contribution is -2.33. The van der Waals surface area contributed by atoms with Crippen LogP contribution in [0.15, 0.2) is 24.3 Å². The van der Waals surface area contributed by atoms with Crippen molar-refractivity contribution in [2.24, 2.45) is 0 Å². The molecule has 19 heavy (non-hydrogen) atoms. The van der Waals surface area contributed by atoms with Crippen LogP contribution >= 0.6 is 0 Å². The molecule has 0 aliphatic rings. The van der Waals surface area contributed by atoms with Gasteiger partial charge in [0.05, 0.1) is 12.0 Å². The molecule has 0 fully saturated rings. The Labute approximate surface area is 111 Å². The van der Waals surface area contributed by atoms with Gasteiger partial charge in [-0.3, -0.25) is 4.79 Å². The maximum absolute atomic E-state index is 12.5. The molecule has 1 atom stereocenters. The summed E-state index contributed by atoms with van der Waals surface area (Å²) < 4.78 is 37.5. The van der Waals surface area contributed by atoms with E-state index in [1.165, 1.54) is 12.1 Å². The van der Waals surface area contributed by atoms with Crippen molar-refractivity contribution in [1.29, 1.82) is 0 Å². The van der Waals surface area contributed by atoms with Gasteiger partial charge < -0.3 is 5.32 Å². The van der Waals surface area contributed by atoms with Crippen molar-refractivity contribution in [1.82, 2.24) is 5.32 Å². The zero-order chi connectivity index (χ0) is 14.5. The minimum atomic E-state index is -4.37. The van der Waals surface area contributed by atoms with Crippen LogP contribution in [0, 0.1) is 0 Å². The normalized spacial score (nSPS) is 13.1. The molecule has 0 aliphatic heterocycles. The Morgan fingerprint density at radius 1 is 1.37 bits per heavy atom. The number of rotatable bonds is 5. The number of carbonyl (C=O) groups is 1. The number of nitrogens with one attached hydrogen (secondary N) is 1. The summed E-state index contributed by atoms with van der Waals surface area (Å²) in [7, 11) is 0. The van der Waals surface area contributed by atoms with E-state index in [-0.39, 0.29) is 18.4 Å². The molecule has 0 saturated heterocycles. The Balaban J connectivity index is 2.65. The fourth-order valence-electron chi connectivity index (χ4n) is 1.87. The first-order valence-corrected chi connectivity index (χ1v) is 6.28. The molecule has 0 spiro atoms. The van der Waals surface area contributed by atoms with Crippen LogP contribution in [0.2, 0.25) is 0 Å². The van der Waals surface area contributed by atoms with Crippen molar-refractivity contribution in [3.63, 3.8) is 0 Å². The molecule has 1 rings (SSSR count). The zero-order valence-corrected chi connectivity index (χ0v) is 11.1. The van der Waals surface area contributed by atoms with Crippen molar-refractivity contribution >= 4 is 5.91 Å². The second-order valence-corrected chi connectivity index (χ2v) is 4.63. The third-order valence-electron chi connectivity index (χ3n) is 2.75. The molecule has 1 N–H and O–H groups in total. The molecule has 0 heterocycles. The molecule has 0 aromatic heterocycles. The van der Waals surface area contributed by atoms with Crippen molar-refractivity contribution in [3.05, 3.63) is 35.4 Å². The fraction of sp³-hybridized carbons (Fsp3) is 0.500. The highest BCUT2D eigenvalue weighted by Crippen LogP contribution is 2.29. The maximum Gasteiger partial charge on any atom is 0.416 e. The van der Waals surface area contributed by atoms with E-state index in [1.807, 2.05) is 13.8 Å². The molecule has 1 amide bonds. The van der Waals surface area contributed by atoms with E-state index in [9.17, 15) is 18.0 Å². The smallest absolute Gasteiger partial charge is 0.353 e. The summed E-state index contributed by atoms with van der Waals surface area (Å²) >= 11 is 0. The molecule has 0 radical (unpaired) electrons. The molecular weight excluding hydrogens is 255 g/mol. The summed E-state index contributed by atoms with van der Waals surface area (Å²) in [5.41, 5.74) is -0.351. The highest BCUT2D eigenvalue weighted by molar-refractivity contribution is 5.78. The second kappa shape index (κ2) is 6.59. The number of benzene rings is 1. The fourth-order valence-corrected chi connectivity index (χ4v) is 1.87. The molecule has 0 saturated carbocycles. The van der Waals surface area contributed by atoms with Crippen molar-refractivity contribution in [2.45, 2.75) is 45.3 Å². The largest absolute Gasteiger partial charge is 0.416 e. The predicted molar refractivity (Wildman–Crippen MR) is 67.7 cm³/mol. The molecule has 0 aliphatic carbocycles. The van der Waals surface area contributed by atoms with Gasteiger partial charge in [-0.15, -0.1) is 0 Å². The molecule has 106 valence electrons. The van der Waals surface area contributed by atoms with Crippen LogP contribution in [0.25, 0.3) is 0 Å². The summed E-state index contributed by atoms with van der Waals surface area (Å²) in [6.07, 6.45) is -2.60. The third-order valence-corrected chi connectivity index (χ3v) is 2.75. The Morgan fingerprint density at radius 2 is 2.05 bits per heavy atom. The number of hydrogen-bond acceptors (Lipinski definition) is 1. The Kier molecular flexibility index (Phi) is 5.39. The van der Waals surface area contributed by atoms with Crippen LogP contribution in [-0.4, -0.2) is 11.9 Å². The van der Waals surface area contributed by atoms with E-state index in [2.05, 4.69) is 5.32 Å². The van der Waals surface area contributed by atoms with E-state index < -0.39 is 11.7 Å². The summed E-state index contributed by atoms with van der Waals surface area (Å²) in [6, 6.07) is 4.91. The van der Waals surface area contributed by atoms with E-state index in [0.717, 1.165) is 25.0 Å². The first kappa shape index (κ1) is 15.5. The van der Waals surface area contributed by atoms with Crippen LogP contribution in [0.3, 0.4) is 0 Å². The second-order valence-electron chi connectivity index (χ2n) is 4.63. The molecule has 1 aromatic carbocycles. The summed E-state index contributed by atoms with van der Waals surface area (Å²) in [4.78, 5) is 11.7. The highest BCUT2D eigenvalue weighted by Gasteiger charge is 2.30. The van der Waals surface area contributed by atoms with Gasteiger partial charge >= 0.3 is 6.18 Å². The minimum absolute atomic E-state index is 0.0298. The van der Waals surface area contributed by atoms with Gasteiger partial charge in [0.2, 0.25) is 5.91 Å². The highest BCUT2D eigenvalue weighted by atomic mass is 19.4. The van der Waals surface area contributed by atoms with E-state index in [0.29, 0.717) is 5.56 Å². The van der Waals surface area contributed by atoms with Gasteiger partial charge in [-0.05, 0) is 25.0 Å². The molecular formula is C14H18F3NO.